The molecule has 0 aliphatic heterocycles. The number of anilines is 1. The number of hydrogen-bond acceptors (Lipinski definition) is 7. The van der Waals surface area contributed by atoms with Crippen molar-refractivity contribution in [3.05, 3.63) is 35.5 Å². The molecule has 0 fully saturated rings. The minimum absolute atomic E-state index is 0.00486. The van der Waals surface area contributed by atoms with E-state index < -0.39 is 28.7 Å². The maximum atomic E-state index is 13.2. The van der Waals surface area contributed by atoms with E-state index >= 15 is 0 Å². The zero-order valence-electron chi connectivity index (χ0n) is 19.3. The normalized spacial score (nSPS) is 12.4. The molecule has 7 nitrogen and oxygen atoms in total. The van der Waals surface area contributed by atoms with Gasteiger partial charge in [-0.05, 0) is 74.4 Å². The summed E-state index contributed by atoms with van der Waals surface area (Å²) in [6, 6.07) is 5.23. The van der Waals surface area contributed by atoms with Crippen molar-refractivity contribution < 1.29 is 23.5 Å². The Morgan fingerprint density at radius 1 is 0.867 bits per heavy atom. The van der Waals surface area contributed by atoms with Gasteiger partial charge in [-0.15, -0.1) is 0 Å². The molecule has 0 saturated heterocycles. The SMILES string of the molecule is CC(C)(C)Nc1oc(-c2ccccn2)c(C(=O)OC(C)(C)C)c1C(=O)OC(C)(C)C. The maximum absolute atomic E-state index is 13.2. The Morgan fingerprint density at radius 2 is 1.40 bits per heavy atom. The number of nitrogens with one attached hydrogen (secondary N) is 1. The third-order valence-electron chi connectivity index (χ3n) is 3.50. The first-order valence-electron chi connectivity index (χ1n) is 9.90. The van der Waals surface area contributed by atoms with Crippen LogP contribution >= 0.6 is 0 Å². The first kappa shape index (κ1) is 23.4. The van der Waals surface area contributed by atoms with E-state index in [0.717, 1.165) is 0 Å². The molecule has 1 N–H and O–H groups in total. The van der Waals surface area contributed by atoms with Crippen molar-refractivity contribution in [1.82, 2.24) is 4.98 Å². The molecule has 0 aliphatic rings. The van der Waals surface area contributed by atoms with Gasteiger partial charge in [0.1, 0.15) is 28.0 Å². The number of pyridine rings is 1. The highest BCUT2D eigenvalue weighted by Gasteiger charge is 2.37. The molecule has 0 aliphatic carbocycles. The van der Waals surface area contributed by atoms with Crippen LogP contribution in [0.2, 0.25) is 0 Å². The van der Waals surface area contributed by atoms with Crippen molar-refractivity contribution in [3.63, 3.8) is 0 Å². The summed E-state index contributed by atoms with van der Waals surface area (Å²) in [7, 11) is 0. The standard InChI is InChI=1S/C23H32N2O5/c1-21(2,3)25-18-16(20(27)30-23(7,8)9)15(19(26)29-22(4,5)6)17(28-18)14-12-10-11-13-24-14/h10-13,25H,1-9H3. The van der Waals surface area contributed by atoms with E-state index in [1.165, 1.54) is 0 Å². The van der Waals surface area contributed by atoms with Gasteiger partial charge in [-0.1, -0.05) is 6.07 Å². The van der Waals surface area contributed by atoms with Crippen LogP contribution in [-0.4, -0.2) is 33.7 Å². The van der Waals surface area contributed by atoms with Crippen molar-refractivity contribution in [1.29, 1.82) is 0 Å². The first-order chi connectivity index (χ1) is 13.6. The first-order valence-corrected chi connectivity index (χ1v) is 9.90. The largest absolute Gasteiger partial charge is 0.456 e. The van der Waals surface area contributed by atoms with Crippen molar-refractivity contribution in [2.75, 3.05) is 5.32 Å². The van der Waals surface area contributed by atoms with Gasteiger partial charge in [0.2, 0.25) is 5.88 Å². The van der Waals surface area contributed by atoms with Crippen LogP contribution in [0.3, 0.4) is 0 Å². The van der Waals surface area contributed by atoms with Crippen LogP contribution in [0.25, 0.3) is 11.5 Å². The summed E-state index contributed by atoms with van der Waals surface area (Å²) in [4.78, 5) is 30.6. The lowest BCUT2D eigenvalue weighted by Crippen LogP contribution is -2.30. The average molecular weight is 417 g/mol. The van der Waals surface area contributed by atoms with Gasteiger partial charge in [0.15, 0.2) is 5.76 Å². The molecule has 0 radical (unpaired) electrons. The molecular weight excluding hydrogens is 384 g/mol. The van der Waals surface area contributed by atoms with Crippen LogP contribution in [0.15, 0.2) is 28.8 Å². The maximum Gasteiger partial charge on any atom is 0.345 e. The molecule has 2 aromatic heterocycles. The topological polar surface area (TPSA) is 90.7 Å². The van der Waals surface area contributed by atoms with Crippen molar-refractivity contribution in [2.24, 2.45) is 0 Å². The van der Waals surface area contributed by atoms with Gasteiger partial charge in [-0.25, -0.2) is 9.59 Å². The molecule has 2 aromatic rings. The Bertz CT molecular complexity index is 910. The Hall–Kier alpha value is -2.83. The Balaban J connectivity index is 2.77. The van der Waals surface area contributed by atoms with Gasteiger partial charge in [0.05, 0.1) is 0 Å². The summed E-state index contributed by atoms with van der Waals surface area (Å²) in [5.41, 5.74) is -1.58. The van der Waals surface area contributed by atoms with Crippen LogP contribution in [-0.2, 0) is 9.47 Å². The molecule has 0 unspecified atom stereocenters. The molecule has 0 bridgehead atoms. The predicted molar refractivity (Wildman–Crippen MR) is 116 cm³/mol. The Labute approximate surface area is 178 Å². The highest BCUT2D eigenvalue weighted by atomic mass is 16.6. The number of ether oxygens (including phenoxy) is 2. The van der Waals surface area contributed by atoms with Crippen LogP contribution in [0, 0.1) is 0 Å². The Morgan fingerprint density at radius 3 is 1.83 bits per heavy atom. The number of rotatable bonds is 4. The van der Waals surface area contributed by atoms with Crippen molar-refractivity contribution in [3.8, 4) is 11.5 Å². The zero-order valence-corrected chi connectivity index (χ0v) is 19.3. The number of esters is 2. The third kappa shape index (κ3) is 6.34. The highest BCUT2D eigenvalue weighted by Crippen LogP contribution is 2.37. The zero-order chi connectivity index (χ0) is 22.9. The van der Waals surface area contributed by atoms with Crippen molar-refractivity contribution >= 4 is 17.8 Å². The van der Waals surface area contributed by atoms with E-state index in [2.05, 4.69) is 10.3 Å². The number of hydrogen-bond donors (Lipinski definition) is 1. The van der Waals surface area contributed by atoms with Crippen molar-refractivity contribution in [2.45, 2.75) is 79.1 Å². The predicted octanol–water partition coefficient (Wildman–Crippen LogP) is 5.46. The summed E-state index contributed by atoms with van der Waals surface area (Å²) in [6.07, 6.45) is 1.58. The quantitative estimate of drug-likeness (QED) is 0.662. The fourth-order valence-electron chi connectivity index (χ4n) is 2.58. The molecular formula is C23H32N2O5. The summed E-state index contributed by atoms with van der Waals surface area (Å²) < 4.78 is 17.2. The smallest absolute Gasteiger partial charge is 0.345 e. The Kier molecular flexibility index (Phi) is 6.35. The fourth-order valence-corrected chi connectivity index (χ4v) is 2.58. The van der Waals surface area contributed by atoms with Gasteiger partial charge >= 0.3 is 11.9 Å². The minimum atomic E-state index is -0.765. The van der Waals surface area contributed by atoms with Crippen LogP contribution in [0.5, 0.6) is 0 Å². The van der Waals surface area contributed by atoms with E-state index in [1.807, 2.05) is 20.8 Å². The molecule has 0 atom stereocenters. The fraction of sp³-hybridized carbons (Fsp3) is 0.522. The summed E-state index contributed by atoms with van der Waals surface area (Å²) >= 11 is 0. The summed E-state index contributed by atoms with van der Waals surface area (Å²) in [6.45, 7) is 16.3. The van der Waals surface area contributed by atoms with Gasteiger partial charge in [0.25, 0.3) is 0 Å². The summed E-state index contributed by atoms with van der Waals surface area (Å²) in [5, 5.41) is 3.16. The summed E-state index contributed by atoms with van der Waals surface area (Å²) in [5.74, 6) is -1.08. The molecule has 2 rings (SSSR count). The third-order valence-corrected chi connectivity index (χ3v) is 3.50. The molecule has 0 aromatic carbocycles. The molecule has 0 amide bonds. The lowest BCUT2D eigenvalue weighted by Gasteiger charge is -2.23. The van der Waals surface area contributed by atoms with E-state index in [9.17, 15) is 9.59 Å². The second-order valence-electron chi connectivity index (χ2n) is 10.1. The average Bonchev–Trinajstić information content (AvgIpc) is 2.90. The minimum Gasteiger partial charge on any atom is -0.456 e. The van der Waals surface area contributed by atoms with E-state index in [0.29, 0.717) is 5.69 Å². The second kappa shape index (κ2) is 8.13. The van der Waals surface area contributed by atoms with Gasteiger partial charge in [0, 0.05) is 11.7 Å². The van der Waals surface area contributed by atoms with Gasteiger partial charge < -0.3 is 19.2 Å². The monoisotopic (exact) mass is 416 g/mol. The van der Waals surface area contributed by atoms with Crippen LogP contribution in [0.1, 0.15) is 83.0 Å². The van der Waals surface area contributed by atoms with E-state index in [4.69, 9.17) is 13.9 Å². The number of carbonyl (C=O) groups is 2. The van der Waals surface area contributed by atoms with E-state index in [1.54, 1.807) is 65.9 Å². The lowest BCUT2D eigenvalue weighted by molar-refractivity contribution is 0.00212. The molecule has 0 spiro atoms. The highest BCUT2D eigenvalue weighted by molar-refractivity contribution is 6.10. The molecule has 2 heterocycles. The number of aromatic nitrogens is 1. The molecule has 164 valence electrons. The molecule has 0 saturated carbocycles. The van der Waals surface area contributed by atoms with Gasteiger partial charge in [-0.3, -0.25) is 4.98 Å². The second-order valence-corrected chi connectivity index (χ2v) is 10.1. The van der Waals surface area contributed by atoms with Crippen LogP contribution < -0.4 is 5.32 Å². The molecule has 30 heavy (non-hydrogen) atoms. The number of nitrogens with zero attached hydrogens (tertiary/aromatic N) is 1. The van der Waals surface area contributed by atoms with E-state index in [-0.39, 0.29) is 22.8 Å². The lowest BCUT2D eigenvalue weighted by atomic mass is 10.0. The number of carbonyl (C=O) groups excluding carboxylic acids is 2. The number of furan rings is 1. The molecule has 7 heteroatoms. The van der Waals surface area contributed by atoms with Gasteiger partial charge in [-0.2, -0.15) is 0 Å². The van der Waals surface area contributed by atoms with Crippen LogP contribution in [0.4, 0.5) is 5.88 Å².